The molecule has 0 aliphatic carbocycles. The summed E-state index contributed by atoms with van der Waals surface area (Å²) in [6, 6.07) is 3.97. The molecule has 120 valence electrons. The second kappa shape index (κ2) is 6.54. The summed E-state index contributed by atoms with van der Waals surface area (Å²) >= 11 is 0. The van der Waals surface area contributed by atoms with Gasteiger partial charge in [0.25, 0.3) is 0 Å². The fraction of sp³-hybridized carbons (Fsp3) is 0.562. The predicted octanol–water partition coefficient (Wildman–Crippen LogP) is 1.27. The van der Waals surface area contributed by atoms with Crippen molar-refractivity contribution in [2.24, 2.45) is 0 Å². The molecule has 1 aromatic carbocycles. The number of benzene rings is 1. The number of aromatic nitrogens is 2. The first-order valence-corrected chi connectivity index (χ1v) is 7.75. The average Bonchev–Trinajstić information content (AvgIpc) is 2.86. The summed E-state index contributed by atoms with van der Waals surface area (Å²) in [6.45, 7) is 8.42. The van der Waals surface area contributed by atoms with E-state index in [9.17, 15) is 0 Å². The highest BCUT2D eigenvalue weighted by Crippen LogP contribution is 2.32. The van der Waals surface area contributed by atoms with Crippen molar-refractivity contribution < 1.29 is 9.47 Å². The zero-order valence-corrected chi connectivity index (χ0v) is 13.6. The highest BCUT2D eigenvalue weighted by Gasteiger charge is 2.15. The SMILES string of the molecule is COc1cc2nc(C)n(CCN3CCNCC3)c2cc1OC. The van der Waals surface area contributed by atoms with Crippen LogP contribution in [-0.4, -0.2) is 61.4 Å². The Morgan fingerprint density at radius 1 is 1.09 bits per heavy atom. The van der Waals surface area contributed by atoms with Crippen molar-refractivity contribution in [3.05, 3.63) is 18.0 Å². The Balaban J connectivity index is 1.86. The van der Waals surface area contributed by atoms with Crippen molar-refractivity contribution in [3.8, 4) is 11.5 Å². The fourth-order valence-electron chi connectivity index (χ4n) is 3.03. The van der Waals surface area contributed by atoms with Crippen LogP contribution in [0, 0.1) is 6.92 Å². The summed E-state index contributed by atoms with van der Waals surface area (Å²) in [5.74, 6) is 2.50. The molecule has 0 unspecified atom stereocenters. The fourth-order valence-corrected chi connectivity index (χ4v) is 3.03. The van der Waals surface area contributed by atoms with Gasteiger partial charge in [-0.15, -0.1) is 0 Å². The molecule has 6 nitrogen and oxygen atoms in total. The molecule has 0 amide bonds. The summed E-state index contributed by atoms with van der Waals surface area (Å²) in [6.07, 6.45) is 0. The van der Waals surface area contributed by atoms with Crippen LogP contribution in [0.3, 0.4) is 0 Å². The first-order chi connectivity index (χ1) is 10.7. The van der Waals surface area contributed by atoms with E-state index in [0.717, 1.165) is 67.6 Å². The smallest absolute Gasteiger partial charge is 0.163 e. The Bertz CT molecular complexity index is 647. The van der Waals surface area contributed by atoms with E-state index in [1.165, 1.54) is 0 Å². The second-order valence-corrected chi connectivity index (χ2v) is 5.60. The number of aryl methyl sites for hydroxylation is 1. The van der Waals surface area contributed by atoms with E-state index >= 15 is 0 Å². The van der Waals surface area contributed by atoms with Crippen LogP contribution in [0.2, 0.25) is 0 Å². The summed E-state index contributed by atoms with van der Waals surface area (Å²) < 4.78 is 13.0. The summed E-state index contributed by atoms with van der Waals surface area (Å²) in [7, 11) is 3.32. The first-order valence-electron chi connectivity index (χ1n) is 7.75. The molecule has 2 heterocycles. The van der Waals surface area contributed by atoms with Crippen molar-refractivity contribution >= 4 is 11.0 Å². The predicted molar refractivity (Wildman–Crippen MR) is 86.9 cm³/mol. The lowest BCUT2D eigenvalue weighted by Crippen LogP contribution is -2.44. The van der Waals surface area contributed by atoms with Crippen LogP contribution in [0.5, 0.6) is 11.5 Å². The van der Waals surface area contributed by atoms with E-state index < -0.39 is 0 Å². The van der Waals surface area contributed by atoms with Gasteiger partial charge >= 0.3 is 0 Å². The number of hydrogen-bond donors (Lipinski definition) is 1. The number of fused-ring (bicyclic) bond motifs is 1. The zero-order valence-electron chi connectivity index (χ0n) is 13.6. The highest BCUT2D eigenvalue weighted by molar-refractivity contribution is 5.80. The molecular weight excluding hydrogens is 280 g/mol. The molecule has 0 bridgehead atoms. The molecular formula is C16H24N4O2. The van der Waals surface area contributed by atoms with Crippen LogP contribution in [0.4, 0.5) is 0 Å². The lowest BCUT2D eigenvalue weighted by Gasteiger charge is -2.27. The minimum atomic E-state index is 0.724. The Labute approximate surface area is 131 Å². The highest BCUT2D eigenvalue weighted by atomic mass is 16.5. The van der Waals surface area contributed by atoms with Crippen LogP contribution < -0.4 is 14.8 Å². The van der Waals surface area contributed by atoms with E-state index in [2.05, 4.69) is 26.7 Å². The molecule has 1 aromatic heterocycles. The minimum Gasteiger partial charge on any atom is -0.493 e. The van der Waals surface area contributed by atoms with Crippen molar-refractivity contribution in [1.29, 1.82) is 0 Å². The Hall–Kier alpha value is -1.79. The number of piperazine rings is 1. The topological polar surface area (TPSA) is 51.5 Å². The van der Waals surface area contributed by atoms with Crippen molar-refractivity contribution in [2.75, 3.05) is 46.9 Å². The third-order valence-electron chi connectivity index (χ3n) is 4.29. The molecule has 2 aromatic rings. The van der Waals surface area contributed by atoms with Gasteiger partial charge in [-0.2, -0.15) is 0 Å². The molecule has 6 heteroatoms. The van der Waals surface area contributed by atoms with Gasteiger partial charge in [-0.1, -0.05) is 0 Å². The van der Waals surface area contributed by atoms with Gasteiger partial charge in [0.05, 0.1) is 25.3 Å². The Kier molecular flexibility index (Phi) is 4.49. The van der Waals surface area contributed by atoms with E-state index in [1.54, 1.807) is 14.2 Å². The number of ether oxygens (including phenoxy) is 2. The average molecular weight is 304 g/mol. The molecule has 1 saturated heterocycles. The summed E-state index contributed by atoms with van der Waals surface area (Å²) in [5, 5.41) is 3.39. The van der Waals surface area contributed by atoms with Crippen molar-refractivity contribution in [2.45, 2.75) is 13.5 Å². The maximum Gasteiger partial charge on any atom is 0.163 e. The van der Waals surface area contributed by atoms with E-state index in [-0.39, 0.29) is 0 Å². The van der Waals surface area contributed by atoms with E-state index in [1.807, 2.05) is 12.1 Å². The normalized spacial score (nSPS) is 16.1. The molecule has 1 fully saturated rings. The third kappa shape index (κ3) is 2.89. The van der Waals surface area contributed by atoms with Crippen LogP contribution >= 0.6 is 0 Å². The molecule has 0 saturated carbocycles. The molecule has 22 heavy (non-hydrogen) atoms. The Morgan fingerprint density at radius 2 is 1.77 bits per heavy atom. The largest absolute Gasteiger partial charge is 0.493 e. The van der Waals surface area contributed by atoms with Gasteiger partial charge in [0.15, 0.2) is 11.5 Å². The van der Waals surface area contributed by atoms with Gasteiger partial charge in [0, 0.05) is 51.4 Å². The van der Waals surface area contributed by atoms with Gasteiger partial charge < -0.3 is 19.4 Å². The van der Waals surface area contributed by atoms with Crippen LogP contribution in [-0.2, 0) is 6.54 Å². The molecule has 0 spiro atoms. The lowest BCUT2D eigenvalue weighted by atomic mass is 10.2. The molecule has 0 radical (unpaired) electrons. The maximum atomic E-state index is 5.42. The van der Waals surface area contributed by atoms with Gasteiger partial charge in [0.1, 0.15) is 5.82 Å². The first kappa shape index (κ1) is 15.1. The number of hydrogen-bond acceptors (Lipinski definition) is 5. The van der Waals surface area contributed by atoms with Crippen LogP contribution in [0.25, 0.3) is 11.0 Å². The van der Waals surface area contributed by atoms with Gasteiger partial charge in [-0.05, 0) is 6.92 Å². The molecule has 1 aliphatic heterocycles. The maximum absolute atomic E-state index is 5.42. The molecule has 1 aliphatic rings. The number of rotatable bonds is 5. The third-order valence-corrected chi connectivity index (χ3v) is 4.29. The Morgan fingerprint density at radius 3 is 2.45 bits per heavy atom. The molecule has 0 atom stereocenters. The number of imidazole rings is 1. The second-order valence-electron chi connectivity index (χ2n) is 5.60. The lowest BCUT2D eigenvalue weighted by molar-refractivity contribution is 0.233. The van der Waals surface area contributed by atoms with Crippen molar-refractivity contribution in [3.63, 3.8) is 0 Å². The summed E-state index contributed by atoms with van der Waals surface area (Å²) in [5.41, 5.74) is 2.06. The van der Waals surface area contributed by atoms with Crippen LogP contribution in [0.15, 0.2) is 12.1 Å². The minimum absolute atomic E-state index is 0.724. The van der Waals surface area contributed by atoms with Crippen molar-refractivity contribution in [1.82, 2.24) is 19.8 Å². The number of nitrogens with one attached hydrogen (secondary N) is 1. The number of methoxy groups -OCH3 is 2. The number of nitrogens with zero attached hydrogens (tertiary/aromatic N) is 3. The van der Waals surface area contributed by atoms with Gasteiger partial charge in [-0.3, -0.25) is 4.90 Å². The van der Waals surface area contributed by atoms with Gasteiger partial charge in [0.2, 0.25) is 0 Å². The quantitative estimate of drug-likeness (QED) is 0.901. The standard InChI is InChI=1S/C16H24N4O2/c1-12-18-13-10-15(21-2)16(22-3)11-14(13)20(12)9-8-19-6-4-17-5-7-19/h10-11,17H,4-9H2,1-3H3. The monoisotopic (exact) mass is 304 g/mol. The van der Waals surface area contributed by atoms with Gasteiger partial charge in [-0.25, -0.2) is 4.98 Å². The van der Waals surface area contributed by atoms with E-state index in [0.29, 0.717) is 0 Å². The summed E-state index contributed by atoms with van der Waals surface area (Å²) in [4.78, 5) is 7.15. The van der Waals surface area contributed by atoms with E-state index in [4.69, 9.17) is 9.47 Å². The van der Waals surface area contributed by atoms with Crippen LogP contribution in [0.1, 0.15) is 5.82 Å². The molecule has 3 rings (SSSR count). The zero-order chi connectivity index (χ0) is 15.5. The molecule has 1 N–H and O–H groups in total.